The number of nitrogens with zero attached hydrogens (tertiary/aromatic N) is 1. The number of aryl methyl sites for hydroxylation is 1. The highest BCUT2D eigenvalue weighted by Crippen LogP contribution is 2.24. The highest BCUT2D eigenvalue weighted by atomic mass is 35.5. The average molecular weight is 503 g/mol. The first-order chi connectivity index (χ1) is 16.9. The lowest BCUT2D eigenvalue weighted by atomic mass is 9.89. The van der Waals surface area contributed by atoms with Gasteiger partial charge in [-0.2, -0.15) is 0 Å². The molecule has 2 amide bonds. The summed E-state index contributed by atoms with van der Waals surface area (Å²) in [7, 11) is 0. The summed E-state index contributed by atoms with van der Waals surface area (Å²) in [6.45, 7) is 4.96. The van der Waals surface area contributed by atoms with Crippen LogP contribution in [0.3, 0.4) is 0 Å². The molecule has 0 atom stereocenters. The number of hydrogen-bond acceptors (Lipinski definition) is 5. The summed E-state index contributed by atoms with van der Waals surface area (Å²) in [6.07, 6.45) is 7.83. The number of pyridine rings is 1. The Balaban J connectivity index is 1.61. The number of amides is 2. The molecule has 35 heavy (non-hydrogen) atoms. The molecule has 0 bridgehead atoms. The minimum absolute atomic E-state index is 0.0354. The number of rotatable bonds is 11. The van der Waals surface area contributed by atoms with Gasteiger partial charge in [0.25, 0.3) is 11.5 Å². The van der Waals surface area contributed by atoms with Gasteiger partial charge in [0, 0.05) is 42.0 Å². The Kier molecular flexibility index (Phi) is 10.0. The van der Waals surface area contributed by atoms with Crippen molar-refractivity contribution in [2.24, 2.45) is 5.92 Å². The Labute approximate surface area is 211 Å². The first-order valence-corrected chi connectivity index (χ1v) is 12.6. The molecule has 3 N–H and O–H groups in total. The van der Waals surface area contributed by atoms with Crippen molar-refractivity contribution < 1.29 is 14.3 Å². The van der Waals surface area contributed by atoms with E-state index in [4.69, 9.17) is 16.3 Å². The summed E-state index contributed by atoms with van der Waals surface area (Å²) in [4.78, 5) is 37.5. The number of carbonyl (C=O) groups excluding carboxylic acids is 2. The summed E-state index contributed by atoms with van der Waals surface area (Å²) in [6, 6.07) is 6.87. The molecular formula is C26H35ClN4O4. The Morgan fingerprint density at radius 3 is 2.63 bits per heavy atom. The molecule has 3 rings (SSSR count). The van der Waals surface area contributed by atoms with Gasteiger partial charge in [-0.05, 0) is 62.4 Å². The molecular weight excluding hydrogens is 468 g/mol. The van der Waals surface area contributed by atoms with Gasteiger partial charge < -0.3 is 20.8 Å². The predicted molar refractivity (Wildman–Crippen MR) is 137 cm³/mol. The molecule has 1 heterocycles. The molecule has 0 spiro atoms. The number of carbonyl (C=O) groups is 2. The molecule has 1 aliphatic rings. The summed E-state index contributed by atoms with van der Waals surface area (Å²) < 4.78 is 7.10. The second-order valence-corrected chi connectivity index (χ2v) is 9.40. The molecule has 1 saturated carbocycles. The lowest BCUT2D eigenvalue weighted by molar-refractivity contribution is -0.123. The van der Waals surface area contributed by atoms with Crippen molar-refractivity contribution in [3.05, 3.63) is 62.5 Å². The Morgan fingerprint density at radius 2 is 1.89 bits per heavy atom. The first kappa shape index (κ1) is 26.6. The molecule has 0 saturated heterocycles. The van der Waals surface area contributed by atoms with E-state index in [1.807, 2.05) is 19.9 Å². The molecule has 1 aliphatic carbocycles. The van der Waals surface area contributed by atoms with Crippen LogP contribution in [0, 0.1) is 12.8 Å². The van der Waals surface area contributed by atoms with Crippen molar-refractivity contribution >= 4 is 23.4 Å². The molecule has 190 valence electrons. The van der Waals surface area contributed by atoms with Gasteiger partial charge in [-0.3, -0.25) is 14.4 Å². The van der Waals surface area contributed by atoms with Crippen LogP contribution >= 0.6 is 11.6 Å². The quantitative estimate of drug-likeness (QED) is 0.437. The Morgan fingerprint density at radius 1 is 1.11 bits per heavy atom. The van der Waals surface area contributed by atoms with E-state index in [0.717, 1.165) is 12.1 Å². The number of halogens is 1. The largest absolute Gasteiger partial charge is 0.483 e. The van der Waals surface area contributed by atoms with E-state index in [0.29, 0.717) is 34.4 Å². The van der Waals surface area contributed by atoms with Gasteiger partial charge in [-0.25, -0.2) is 4.68 Å². The third kappa shape index (κ3) is 8.02. The number of hydrogen-bond donors (Lipinski definition) is 3. The maximum atomic E-state index is 13.0. The van der Waals surface area contributed by atoms with Crippen molar-refractivity contribution in [1.82, 2.24) is 15.3 Å². The summed E-state index contributed by atoms with van der Waals surface area (Å²) in [5, 5.41) is 6.00. The van der Waals surface area contributed by atoms with Crippen LogP contribution in [0.1, 0.15) is 55.7 Å². The average Bonchev–Trinajstić information content (AvgIpc) is 2.85. The van der Waals surface area contributed by atoms with Gasteiger partial charge >= 0.3 is 0 Å². The lowest BCUT2D eigenvalue weighted by Gasteiger charge is -2.23. The molecule has 1 aromatic heterocycles. The molecule has 0 unspecified atom stereocenters. The molecule has 1 aromatic carbocycles. The Hall–Kier alpha value is -3.00. The standard InChI is InChI=1S/C26H35ClN4O4/c1-3-28-25(33)17-35-23-10-9-21(27)13-20(23)16-29-24(32)14-22-18(2)11-12-31(26(22)34)30-15-19-7-5-4-6-8-19/h9-13,19,30H,3-8,14-17H2,1-2H3,(H,28,33)(H,29,32). The number of ether oxygens (including phenoxy) is 1. The summed E-state index contributed by atoms with van der Waals surface area (Å²) in [5.74, 6) is 0.521. The third-order valence-electron chi connectivity index (χ3n) is 6.27. The molecule has 1 fully saturated rings. The molecule has 2 aromatic rings. The van der Waals surface area contributed by atoms with E-state index in [-0.39, 0.29) is 36.9 Å². The van der Waals surface area contributed by atoms with Crippen molar-refractivity contribution in [1.29, 1.82) is 0 Å². The smallest absolute Gasteiger partial charge is 0.272 e. The number of nitrogens with one attached hydrogen (secondary N) is 3. The molecule has 8 nitrogen and oxygen atoms in total. The van der Waals surface area contributed by atoms with E-state index in [2.05, 4.69) is 16.1 Å². The second kappa shape index (κ2) is 13.2. The van der Waals surface area contributed by atoms with Gasteiger partial charge in [0.2, 0.25) is 5.91 Å². The maximum Gasteiger partial charge on any atom is 0.272 e. The van der Waals surface area contributed by atoms with E-state index in [1.165, 1.54) is 36.8 Å². The zero-order chi connectivity index (χ0) is 25.2. The highest BCUT2D eigenvalue weighted by molar-refractivity contribution is 6.30. The van der Waals surface area contributed by atoms with Crippen molar-refractivity contribution in [2.75, 3.05) is 25.1 Å². The number of likely N-dealkylation sites (N-methyl/N-ethyl adjacent to an activating group) is 1. The first-order valence-electron chi connectivity index (χ1n) is 12.3. The van der Waals surface area contributed by atoms with Gasteiger partial charge in [0.05, 0.1) is 6.42 Å². The third-order valence-corrected chi connectivity index (χ3v) is 6.51. The minimum Gasteiger partial charge on any atom is -0.483 e. The molecule has 9 heteroatoms. The molecule has 0 aliphatic heterocycles. The minimum atomic E-state index is -0.287. The van der Waals surface area contributed by atoms with Crippen molar-refractivity contribution in [2.45, 2.75) is 58.9 Å². The summed E-state index contributed by atoms with van der Waals surface area (Å²) >= 11 is 6.12. The predicted octanol–water partition coefficient (Wildman–Crippen LogP) is 3.31. The monoisotopic (exact) mass is 502 g/mol. The Bertz CT molecular complexity index is 1080. The highest BCUT2D eigenvalue weighted by Gasteiger charge is 2.16. The van der Waals surface area contributed by atoms with Crippen LogP contribution in [0.25, 0.3) is 0 Å². The fraction of sp³-hybridized carbons (Fsp3) is 0.500. The van der Waals surface area contributed by atoms with Crippen LogP contribution in [-0.4, -0.2) is 36.2 Å². The zero-order valence-electron chi connectivity index (χ0n) is 20.5. The van der Waals surface area contributed by atoms with E-state index in [1.54, 1.807) is 24.4 Å². The SMILES string of the molecule is CCNC(=O)COc1ccc(Cl)cc1CNC(=O)Cc1c(C)ccn(NCC2CCCCC2)c1=O. The van der Waals surface area contributed by atoms with Crippen LogP contribution < -0.4 is 26.4 Å². The fourth-order valence-electron chi connectivity index (χ4n) is 4.26. The van der Waals surface area contributed by atoms with Gasteiger partial charge in [-0.1, -0.05) is 30.9 Å². The molecule has 0 radical (unpaired) electrons. The summed E-state index contributed by atoms with van der Waals surface area (Å²) in [5.41, 5.74) is 4.91. The second-order valence-electron chi connectivity index (χ2n) is 8.97. The van der Waals surface area contributed by atoms with Crippen LogP contribution in [0.4, 0.5) is 0 Å². The number of aromatic nitrogens is 1. The van der Waals surface area contributed by atoms with E-state index >= 15 is 0 Å². The fourth-order valence-corrected chi connectivity index (χ4v) is 4.46. The zero-order valence-corrected chi connectivity index (χ0v) is 21.2. The number of benzene rings is 1. The lowest BCUT2D eigenvalue weighted by Crippen LogP contribution is -2.36. The van der Waals surface area contributed by atoms with Gasteiger partial charge in [-0.15, -0.1) is 0 Å². The normalized spacial score (nSPS) is 13.8. The van der Waals surface area contributed by atoms with Crippen molar-refractivity contribution in [3.8, 4) is 5.75 Å². The maximum absolute atomic E-state index is 13.0. The van der Waals surface area contributed by atoms with Crippen LogP contribution in [0.15, 0.2) is 35.3 Å². The van der Waals surface area contributed by atoms with Gasteiger partial charge in [0.15, 0.2) is 6.61 Å². The van der Waals surface area contributed by atoms with Gasteiger partial charge in [0.1, 0.15) is 5.75 Å². The van der Waals surface area contributed by atoms with Crippen LogP contribution in [0.5, 0.6) is 5.75 Å². The van der Waals surface area contributed by atoms with E-state index in [9.17, 15) is 14.4 Å². The van der Waals surface area contributed by atoms with Crippen LogP contribution in [0.2, 0.25) is 5.02 Å². The van der Waals surface area contributed by atoms with Crippen LogP contribution in [-0.2, 0) is 22.6 Å². The van der Waals surface area contributed by atoms with Crippen molar-refractivity contribution in [3.63, 3.8) is 0 Å². The topological polar surface area (TPSA) is 101 Å². The van der Waals surface area contributed by atoms with E-state index < -0.39 is 0 Å².